The third-order valence-electron chi connectivity index (χ3n) is 3.00. The summed E-state index contributed by atoms with van der Waals surface area (Å²) in [6, 6.07) is 5.25. The van der Waals surface area contributed by atoms with Crippen LogP contribution in [-0.2, 0) is 11.3 Å². The Morgan fingerprint density at radius 1 is 1.44 bits per heavy atom. The maximum Gasteiger partial charge on any atom is 0.127 e. The van der Waals surface area contributed by atoms with Gasteiger partial charge in [0.2, 0.25) is 0 Å². The van der Waals surface area contributed by atoms with Crippen LogP contribution >= 0.6 is 15.9 Å². The third kappa shape index (κ3) is 5.04. The number of methoxy groups -OCH3 is 1. The quantitative estimate of drug-likeness (QED) is 0.859. The minimum atomic E-state index is -0.177. The number of rotatable bonds is 6. The maximum atomic E-state index is 13.5. The number of nitrogens with one attached hydrogen (secondary N) is 1. The first-order valence-electron chi connectivity index (χ1n) is 6.06. The van der Waals surface area contributed by atoms with E-state index in [9.17, 15) is 4.39 Å². The summed E-state index contributed by atoms with van der Waals surface area (Å²) in [6.45, 7) is 6.69. The molecule has 1 unspecified atom stereocenters. The molecule has 18 heavy (non-hydrogen) atoms. The van der Waals surface area contributed by atoms with Gasteiger partial charge in [-0.25, -0.2) is 4.39 Å². The number of hydrogen-bond donors (Lipinski definition) is 1. The molecule has 0 radical (unpaired) electrons. The summed E-state index contributed by atoms with van der Waals surface area (Å²) in [5.41, 5.74) is 0.508. The van der Waals surface area contributed by atoms with E-state index in [0.717, 1.165) is 10.9 Å². The molecule has 4 heteroatoms. The summed E-state index contributed by atoms with van der Waals surface area (Å²) in [6.07, 6.45) is 0.874. The van der Waals surface area contributed by atoms with Gasteiger partial charge >= 0.3 is 0 Å². The zero-order valence-corrected chi connectivity index (χ0v) is 13.0. The van der Waals surface area contributed by atoms with Crippen LogP contribution < -0.4 is 5.32 Å². The smallest absolute Gasteiger partial charge is 0.127 e. The molecule has 0 saturated carbocycles. The van der Waals surface area contributed by atoms with E-state index < -0.39 is 0 Å². The van der Waals surface area contributed by atoms with E-state index >= 15 is 0 Å². The van der Waals surface area contributed by atoms with Gasteiger partial charge in [0.1, 0.15) is 5.82 Å². The molecule has 1 N–H and O–H groups in total. The highest BCUT2D eigenvalue weighted by Crippen LogP contribution is 2.18. The Morgan fingerprint density at radius 3 is 2.72 bits per heavy atom. The van der Waals surface area contributed by atoms with Crippen molar-refractivity contribution >= 4 is 15.9 Å². The summed E-state index contributed by atoms with van der Waals surface area (Å²) >= 11 is 3.35. The summed E-state index contributed by atoms with van der Waals surface area (Å²) < 4.78 is 19.8. The van der Waals surface area contributed by atoms with E-state index in [1.807, 2.05) is 13.8 Å². The molecule has 0 saturated heterocycles. The third-order valence-corrected chi connectivity index (χ3v) is 3.49. The molecule has 0 aliphatic carbocycles. The summed E-state index contributed by atoms with van der Waals surface area (Å²) in [4.78, 5) is 0. The Kier molecular flexibility index (Phi) is 5.76. The second-order valence-electron chi connectivity index (χ2n) is 5.19. The van der Waals surface area contributed by atoms with Crippen LogP contribution in [0.1, 0.15) is 32.8 Å². The zero-order valence-electron chi connectivity index (χ0n) is 11.4. The molecule has 0 amide bonds. The van der Waals surface area contributed by atoms with Crippen LogP contribution in [-0.4, -0.2) is 18.8 Å². The van der Waals surface area contributed by atoms with Crippen LogP contribution in [0.2, 0.25) is 0 Å². The minimum Gasteiger partial charge on any atom is -0.379 e. The van der Waals surface area contributed by atoms with Crippen molar-refractivity contribution in [3.8, 4) is 0 Å². The lowest BCUT2D eigenvalue weighted by Gasteiger charge is -2.27. The fourth-order valence-corrected chi connectivity index (χ4v) is 2.26. The first kappa shape index (κ1) is 15.6. The van der Waals surface area contributed by atoms with E-state index in [1.165, 1.54) is 6.07 Å². The van der Waals surface area contributed by atoms with E-state index in [2.05, 4.69) is 28.2 Å². The van der Waals surface area contributed by atoms with Crippen LogP contribution in [0.15, 0.2) is 22.7 Å². The van der Waals surface area contributed by atoms with E-state index in [4.69, 9.17) is 4.74 Å². The highest BCUT2D eigenvalue weighted by atomic mass is 79.9. The van der Waals surface area contributed by atoms with Gasteiger partial charge in [-0.15, -0.1) is 0 Å². The number of hydrogen-bond acceptors (Lipinski definition) is 2. The van der Waals surface area contributed by atoms with Crippen LogP contribution in [0.5, 0.6) is 0 Å². The van der Waals surface area contributed by atoms with Gasteiger partial charge in [-0.1, -0.05) is 15.9 Å². The molecular weight excluding hydrogens is 297 g/mol. The van der Waals surface area contributed by atoms with Gasteiger partial charge in [-0.3, -0.25) is 0 Å². The fourth-order valence-electron chi connectivity index (χ4n) is 1.86. The lowest BCUT2D eigenvalue weighted by molar-refractivity contribution is 0.00843. The van der Waals surface area contributed by atoms with Crippen molar-refractivity contribution in [1.29, 1.82) is 0 Å². The lowest BCUT2D eigenvalue weighted by atomic mass is 9.99. The van der Waals surface area contributed by atoms with Gasteiger partial charge in [0.05, 0.1) is 5.60 Å². The normalized spacial score (nSPS) is 13.7. The molecular formula is C14H21BrFNO. The van der Waals surface area contributed by atoms with Crippen LogP contribution in [0.4, 0.5) is 4.39 Å². The van der Waals surface area contributed by atoms with Crippen molar-refractivity contribution in [2.24, 2.45) is 0 Å². The minimum absolute atomic E-state index is 0.164. The molecule has 1 aromatic carbocycles. The Balaban J connectivity index is 2.52. The average molecular weight is 318 g/mol. The Hall–Kier alpha value is -0.450. The van der Waals surface area contributed by atoms with E-state index in [1.54, 1.807) is 19.2 Å². The van der Waals surface area contributed by atoms with Crippen molar-refractivity contribution in [3.05, 3.63) is 34.1 Å². The van der Waals surface area contributed by atoms with Gasteiger partial charge < -0.3 is 10.1 Å². The van der Waals surface area contributed by atoms with Crippen molar-refractivity contribution in [2.75, 3.05) is 7.11 Å². The molecule has 2 nitrogen and oxygen atoms in total. The monoisotopic (exact) mass is 317 g/mol. The van der Waals surface area contributed by atoms with E-state index in [-0.39, 0.29) is 17.5 Å². The van der Waals surface area contributed by atoms with Crippen LogP contribution in [0.3, 0.4) is 0 Å². The van der Waals surface area contributed by atoms with Crippen molar-refractivity contribution in [2.45, 2.75) is 45.4 Å². The fraction of sp³-hybridized carbons (Fsp3) is 0.571. The topological polar surface area (TPSA) is 21.3 Å². The number of ether oxygens (including phenoxy) is 1. The molecule has 0 aromatic heterocycles. The maximum absolute atomic E-state index is 13.5. The number of halogens is 2. The SMILES string of the molecule is COC(C)(C)CC(C)NCc1cc(Br)ccc1F. The summed E-state index contributed by atoms with van der Waals surface area (Å²) in [5.74, 6) is -0.177. The Labute approximate surface area is 117 Å². The summed E-state index contributed by atoms with van der Waals surface area (Å²) in [7, 11) is 1.71. The van der Waals surface area contributed by atoms with Crippen LogP contribution in [0.25, 0.3) is 0 Å². The number of benzene rings is 1. The van der Waals surface area contributed by atoms with Gasteiger partial charge in [0, 0.05) is 29.7 Å². The zero-order chi connectivity index (χ0) is 13.8. The molecule has 0 bridgehead atoms. The van der Waals surface area contributed by atoms with Gasteiger partial charge in [0.15, 0.2) is 0 Å². The molecule has 0 fully saturated rings. The highest BCUT2D eigenvalue weighted by molar-refractivity contribution is 9.10. The van der Waals surface area contributed by atoms with Crippen molar-refractivity contribution in [3.63, 3.8) is 0 Å². The van der Waals surface area contributed by atoms with Gasteiger partial charge in [0.25, 0.3) is 0 Å². The van der Waals surface area contributed by atoms with Crippen molar-refractivity contribution in [1.82, 2.24) is 5.32 Å². The van der Waals surface area contributed by atoms with Crippen molar-refractivity contribution < 1.29 is 9.13 Å². The molecule has 102 valence electrons. The first-order chi connectivity index (χ1) is 8.34. The molecule has 0 spiro atoms. The molecule has 0 aliphatic rings. The Morgan fingerprint density at radius 2 is 2.11 bits per heavy atom. The Bertz CT molecular complexity index is 395. The van der Waals surface area contributed by atoms with E-state index in [0.29, 0.717) is 12.1 Å². The molecule has 0 aliphatic heterocycles. The predicted octanol–water partition coefficient (Wildman–Crippen LogP) is 3.88. The molecule has 1 rings (SSSR count). The molecule has 1 atom stereocenters. The second kappa shape index (κ2) is 6.64. The average Bonchev–Trinajstić information content (AvgIpc) is 2.30. The molecule has 0 heterocycles. The first-order valence-corrected chi connectivity index (χ1v) is 6.86. The van der Waals surface area contributed by atoms with Crippen LogP contribution in [0, 0.1) is 5.82 Å². The molecule has 1 aromatic rings. The lowest BCUT2D eigenvalue weighted by Crippen LogP contribution is -2.35. The van der Waals surface area contributed by atoms with Gasteiger partial charge in [-0.05, 0) is 45.4 Å². The standard InChI is InChI=1S/C14H21BrFNO/c1-10(8-14(2,3)18-4)17-9-11-7-12(15)5-6-13(11)16/h5-7,10,17H,8-9H2,1-4H3. The second-order valence-corrected chi connectivity index (χ2v) is 6.10. The summed E-state index contributed by atoms with van der Waals surface area (Å²) in [5, 5.41) is 3.32. The van der Waals surface area contributed by atoms with Gasteiger partial charge in [-0.2, -0.15) is 0 Å². The predicted molar refractivity (Wildman–Crippen MR) is 76.1 cm³/mol. The highest BCUT2D eigenvalue weighted by Gasteiger charge is 2.19. The largest absolute Gasteiger partial charge is 0.379 e.